The Kier molecular flexibility index (Phi) is 5.26. The van der Waals surface area contributed by atoms with Gasteiger partial charge in [-0.3, -0.25) is 4.79 Å². The molecule has 2 aromatic heterocycles. The summed E-state index contributed by atoms with van der Waals surface area (Å²) in [6, 6.07) is 21.8. The normalized spacial score (nSPS) is 10.6. The minimum atomic E-state index is -0.0771. The topological polar surface area (TPSA) is 43.3 Å². The third-order valence-corrected chi connectivity index (χ3v) is 5.50. The van der Waals surface area contributed by atoms with E-state index in [4.69, 9.17) is 4.74 Å². The molecule has 1 amide bonds. The van der Waals surface area contributed by atoms with Gasteiger partial charge in [-0.2, -0.15) is 0 Å². The maximum atomic E-state index is 13.0. The van der Waals surface area contributed by atoms with Gasteiger partial charge in [0.15, 0.2) is 0 Å². The van der Waals surface area contributed by atoms with E-state index in [0.29, 0.717) is 11.4 Å². The summed E-state index contributed by atoms with van der Waals surface area (Å²) in [6.45, 7) is 0.465. The van der Waals surface area contributed by atoms with Crippen molar-refractivity contribution in [3.8, 4) is 22.6 Å². The van der Waals surface area contributed by atoms with E-state index >= 15 is 0 Å². The number of nitrogens with one attached hydrogen (secondary N) is 1. The zero-order valence-electron chi connectivity index (χ0n) is 15.5. The third-order valence-electron chi connectivity index (χ3n) is 4.53. The van der Waals surface area contributed by atoms with E-state index in [1.54, 1.807) is 7.11 Å². The Morgan fingerprint density at radius 1 is 1.00 bits per heavy atom. The number of nitrogens with zero attached hydrogens (tertiary/aromatic N) is 1. The van der Waals surface area contributed by atoms with Crippen LogP contribution in [0, 0.1) is 0 Å². The van der Waals surface area contributed by atoms with Gasteiger partial charge in [-0.25, -0.2) is 0 Å². The molecule has 1 N–H and O–H groups in total. The number of hydrogen-bond donors (Lipinski definition) is 1. The predicted molar refractivity (Wildman–Crippen MR) is 113 cm³/mol. The molecule has 5 heteroatoms. The molecule has 0 radical (unpaired) electrons. The molecule has 0 fully saturated rings. The lowest BCUT2D eigenvalue weighted by Crippen LogP contribution is -2.23. The van der Waals surface area contributed by atoms with E-state index in [-0.39, 0.29) is 5.91 Å². The Hall–Kier alpha value is -3.31. The zero-order chi connectivity index (χ0) is 19.3. The maximum absolute atomic E-state index is 13.0. The number of thiophene rings is 1. The summed E-state index contributed by atoms with van der Waals surface area (Å²) in [5, 5.41) is 5.09. The fourth-order valence-electron chi connectivity index (χ4n) is 3.08. The number of rotatable bonds is 6. The molecule has 0 saturated heterocycles. The Morgan fingerprint density at radius 2 is 1.71 bits per heavy atom. The molecule has 4 rings (SSSR count). The minimum Gasteiger partial charge on any atom is -0.497 e. The van der Waals surface area contributed by atoms with Gasteiger partial charge in [0.25, 0.3) is 5.91 Å². The van der Waals surface area contributed by atoms with Crippen LogP contribution >= 0.6 is 11.3 Å². The summed E-state index contributed by atoms with van der Waals surface area (Å²) >= 11 is 1.47. The number of carbonyl (C=O) groups is 1. The number of carbonyl (C=O) groups excluding carboxylic acids is 1. The van der Waals surface area contributed by atoms with Crippen molar-refractivity contribution in [1.29, 1.82) is 0 Å². The lowest BCUT2D eigenvalue weighted by molar-refractivity contribution is 0.0955. The van der Waals surface area contributed by atoms with Gasteiger partial charge < -0.3 is 14.6 Å². The molecule has 0 aliphatic rings. The van der Waals surface area contributed by atoms with Crippen molar-refractivity contribution in [1.82, 2.24) is 9.88 Å². The molecule has 0 aliphatic carbocycles. The van der Waals surface area contributed by atoms with Crippen LogP contribution in [0.25, 0.3) is 16.8 Å². The fraction of sp³-hybridized carbons (Fsp3) is 0.0870. The highest BCUT2D eigenvalue weighted by Gasteiger charge is 2.20. The minimum absolute atomic E-state index is 0.0771. The summed E-state index contributed by atoms with van der Waals surface area (Å²) in [5.74, 6) is 0.724. The monoisotopic (exact) mass is 388 g/mol. The highest BCUT2D eigenvalue weighted by atomic mass is 32.1. The smallest absolute Gasteiger partial charge is 0.263 e. The van der Waals surface area contributed by atoms with E-state index in [1.165, 1.54) is 11.3 Å². The van der Waals surface area contributed by atoms with Crippen LogP contribution in [0.4, 0.5) is 0 Å². The van der Waals surface area contributed by atoms with Crippen molar-refractivity contribution in [2.75, 3.05) is 7.11 Å². The Labute approximate surface area is 168 Å². The highest BCUT2D eigenvalue weighted by Crippen LogP contribution is 2.35. The molecule has 140 valence electrons. The molecule has 0 bridgehead atoms. The quantitative estimate of drug-likeness (QED) is 0.497. The average molecular weight is 388 g/mol. The molecule has 28 heavy (non-hydrogen) atoms. The highest BCUT2D eigenvalue weighted by molar-refractivity contribution is 7.13. The molecule has 2 aromatic carbocycles. The number of aromatic nitrogens is 1. The number of methoxy groups -OCH3 is 1. The zero-order valence-corrected chi connectivity index (χ0v) is 16.3. The van der Waals surface area contributed by atoms with Crippen molar-refractivity contribution < 1.29 is 9.53 Å². The molecule has 0 saturated carbocycles. The first-order chi connectivity index (χ1) is 13.8. The molecule has 0 atom stereocenters. The molecular weight excluding hydrogens is 368 g/mol. The van der Waals surface area contributed by atoms with Gasteiger partial charge in [0.2, 0.25) is 0 Å². The first-order valence-electron chi connectivity index (χ1n) is 8.97. The van der Waals surface area contributed by atoms with Gasteiger partial charge in [0.05, 0.1) is 12.8 Å². The molecule has 0 aliphatic heterocycles. The summed E-state index contributed by atoms with van der Waals surface area (Å²) in [6.07, 6.45) is 3.93. The van der Waals surface area contributed by atoms with Crippen molar-refractivity contribution in [3.63, 3.8) is 0 Å². The Bertz CT molecular complexity index is 1050. The second kappa shape index (κ2) is 8.15. The average Bonchev–Trinajstić information content (AvgIpc) is 3.42. The van der Waals surface area contributed by atoms with Gasteiger partial charge in [-0.15, -0.1) is 11.3 Å². The predicted octanol–water partition coefficient (Wildman–Crippen LogP) is 5.14. The largest absolute Gasteiger partial charge is 0.497 e. The van der Waals surface area contributed by atoms with E-state index in [9.17, 15) is 4.79 Å². The van der Waals surface area contributed by atoms with Gasteiger partial charge in [-0.1, -0.05) is 42.5 Å². The fourth-order valence-corrected chi connectivity index (χ4v) is 4.07. The molecule has 4 nitrogen and oxygen atoms in total. The van der Waals surface area contributed by atoms with E-state index in [2.05, 4.69) is 17.4 Å². The van der Waals surface area contributed by atoms with Crippen LogP contribution in [0.5, 0.6) is 5.75 Å². The van der Waals surface area contributed by atoms with Gasteiger partial charge in [0.1, 0.15) is 10.6 Å². The first kappa shape index (κ1) is 18.1. The molecule has 0 spiro atoms. The summed E-state index contributed by atoms with van der Waals surface area (Å²) in [4.78, 5) is 13.7. The first-order valence-corrected chi connectivity index (χ1v) is 9.85. The molecule has 0 unspecified atom stereocenters. The Balaban J connectivity index is 1.61. The number of benzene rings is 2. The molecular formula is C23H20N2O2S. The molecule has 2 heterocycles. The summed E-state index contributed by atoms with van der Waals surface area (Å²) < 4.78 is 7.18. The van der Waals surface area contributed by atoms with E-state index in [1.807, 2.05) is 76.9 Å². The van der Waals surface area contributed by atoms with Gasteiger partial charge in [-0.05, 0) is 35.4 Å². The second-order valence-electron chi connectivity index (χ2n) is 6.31. The maximum Gasteiger partial charge on any atom is 0.263 e. The lowest BCUT2D eigenvalue weighted by atomic mass is 10.1. The van der Waals surface area contributed by atoms with E-state index in [0.717, 1.165) is 28.1 Å². The van der Waals surface area contributed by atoms with Crippen LogP contribution in [0.15, 0.2) is 84.5 Å². The van der Waals surface area contributed by atoms with Crippen LogP contribution in [-0.2, 0) is 6.54 Å². The van der Waals surface area contributed by atoms with Crippen LogP contribution in [0.2, 0.25) is 0 Å². The van der Waals surface area contributed by atoms with Crippen molar-refractivity contribution in [2.24, 2.45) is 0 Å². The third kappa shape index (κ3) is 3.70. The van der Waals surface area contributed by atoms with Gasteiger partial charge in [0, 0.05) is 29.9 Å². The van der Waals surface area contributed by atoms with Crippen LogP contribution < -0.4 is 10.1 Å². The SMILES string of the molecule is COc1ccc(CNC(=O)c2scc(-c3ccccc3)c2-n2cccc2)cc1. The van der Waals surface area contributed by atoms with Crippen LogP contribution in [-0.4, -0.2) is 17.6 Å². The second-order valence-corrected chi connectivity index (χ2v) is 7.19. The van der Waals surface area contributed by atoms with Crippen molar-refractivity contribution in [3.05, 3.63) is 94.9 Å². The van der Waals surface area contributed by atoms with Crippen LogP contribution in [0.1, 0.15) is 15.2 Å². The summed E-state index contributed by atoms with van der Waals surface area (Å²) in [7, 11) is 1.64. The number of amides is 1. The standard InChI is InChI=1S/C23H20N2O2S/c1-27-19-11-9-17(10-12-19)15-24-23(26)22-21(25-13-5-6-14-25)20(16-28-22)18-7-3-2-4-8-18/h2-14,16H,15H2,1H3,(H,24,26). The van der Waals surface area contributed by atoms with Gasteiger partial charge >= 0.3 is 0 Å². The Morgan fingerprint density at radius 3 is 2.39 bits per heavy atom. The summed E-state index contributed by atoms with van der Waals surface area (Å²) in [5.41, 5.74) is 4.08. The van der Waals surface area contributed by atoms with E-state index < -0.39 is 0 Å². The van der Waals surface area contributed by atoms with Crippen molar-refractivity contribution in [2.45, 2.75) is 6.54 Å². The number of ether oxygens (including phenoxy) is 1. The van der Waals surface area contributed by atoms with Crippen molar-refractivity contribution >= 4 is 17.2 Å². The number of hydrogen-bond acceptors (Lipinski definition) is 3. The molecule has 4 aromatic rings. The lowest BCUT2D eigenvalue weighted by Gasteiger charge is -2.10. The van der Waals surface area contributed by atoms with Crippen LogP contribution in [0.3, 0.4) is 0 Å².